The molecule has 1 atom stereocenters. The summed E-state index contributed by atoms with van der Waals surface area (Å²) in [5.74, 6) is 0.817. The Bertz CT molecular complexity index is 961. The van der Waals surface area contributed by atoms with Crippen molar-refractivity contribution in [3.63, 3.8) is 0 Å². The summed E-state index contributed by atoms with van der Waals surface area (Å²) in [5.41, 5.74) is 4.31. The molecule has 0 aromatic carbocycles. The van der Waals surface area contributed by atoms with Crippen molar-refractivity contribution in [1.82, 2.24) is 20.2 Å². The van der Waals surface area contributed by atoms with Crippen LogP contribution in [-0.4, -0.2) is 33.8 Å². The van der Waals surface area contributed by atoms with E-state index in [0.29, 0.717) is 0 Å². The van der Waals surface area contributed by atoms with Crippen LogP contribution < -0.4 is 5.32 Å². The normalized spacial score (nSPS) is 24.1. The molecule has 2 aliphatic carbocycles. The number of pyridine rings is 1. The first kappa shape index (κ1) is 17.5. The number of halogens is 2. The number of nitrogens with one attached hydrogen (secondary N) is 1. The number of allylic oxidation sites excluding steroid dienone is 3. The topological polar surface area (TPSA) is 43.8 Å². The number of rotatable bonds is 2. The molecule has 144 valence electrons. The highest BCUT2D eigenvalue weighted by Crippen LogP contribution is 2.34. The van der Waals surface area contributed by atoms with Crippen LogP contribution in [0.2, 0.25) is 0 Å². The molecule has 0 radical (unpaired) electrons. The van der Waals surface area contributed by atoms with Gasteiger partial charge in [0.05, 0.1) is 11.7 Å². The number of hydrazone groups is 1. The minimum Gasteiger partial charge on any atom is -0.358 e. The highest BCUT2D eigenvalue weighted by atomic mass is 35.5. The average Bonchev–Trinajstić information content (AvgIpc) is 3.02. The van der Waals surface area contributed by atoms with Gasteiger partial charge in [-0.3, -0.25) is 4.98 Å². The van der Waals surface area contributed by atoms with E-state index in [1.807, 2.05) is 18.6 Å². The molecular weight excluding hydrogens is 377 g/mol. The Hall–Kier alpha value is -2.60. The summed E-state index contributed by atoms with van der Waals surface area (Å²) >= 11 is 6.22. The molecule has 1 unspecified atom stereocenters. The fraction of sp³-hybridized carbons (Fsp3) is 0.333. The first-order chi connectivity index (χ1) is 13.7. The lowest BCUT2D eigenvalue weighted by molar-refractivity contribution is 0.228. The second-order valence-corrected chi connectivity index (χ2v) is 7.96. The Morgan fingerprint density at radius 2 is 2.18 bits per heavy atom. The first-order valence-electron chi connectivity index (χ1n) is 9.63. The van der Waals surface area contributed by atoms with Crippen LogP contribution in [0.1, 0.15) is 37.8 Å². The number of hydrogen-bond donors (Lipinski definition) is 1. The molecule has 4 aliphatic rings. The van der Waals surface area contributed by atoms with Crippen LogP contribution >= 0.6 is 11.6 Å². The Labute approximate surface area is 168 Å². The summed E-state index contributed by atoms with van der Waals surface area (Å²) in [7, 11) is 0. The van der Waals surface area contributed by atoms with Gasteiger partial charge in [0, 0.05) is 29.7 Å². The van der Waals surface area contributed by atoms with Crippen molar-refractivity contribution < 1.29 is 4.39 Å². The van der Waals surface area contributed by atoms with Crippen LogP contribution in [0, 0.1) is 5.82 Å². The Kier molecular flexibility index (Phi) is 4.43. The van der Waals surface area contributed by atoms with E-state index in [0.717, 1.165) is 66.5 Å². The van der Waals surface area contributed by atoms with Gasteiger partial charge in [-0.2, -0.15) is 5.10 Å². The summed E-state index contributed by atoms with van der Waals surface area (Å²) in [6.45, 7) is 0.829. The maximum atomic E-state index is 13.5. The van der Waals surface area contributed by atoms with E-state index in [4.69, 9.17) is 11.6 Å². The maximum Gasteiger partial charge on any atom is 0.147 e. The Morgan fingerprint density at radius 1 is 1.25 bits per heavy atom. The lowest BCUT2D eigenvalue weighted by Gasteiger charge is -2.31. The SMILES string of the molecule is Fc1ccnc(C2=CCC(N3N=CN4CC5=C(C=C(Cl)CC5)NC=C43)CC2)c1. The molecule has 3 heterocycles. The second-order valence-electron chi connectivity index (χ2n) is 7.48. The number of hydrogen-bond acceptors (Lipinski definition) is 5. The maximum absolute atomic E-state index is 13.5. The van der Waals surface area contributed by atoms with Gasteiger partial charge in [-0.25, -0.2) is 9.40 Å². The number of aromatic nitrogens is 1. The van der Waals surface area contributed by atoms with Gasteiger partial charge >= 0.3 is 0 Å². The molecule has 0 saturated heterocycles. The summed E-state index contributed by atoms with van der Waals surface area (Å²) in [5, 5.41) is 11.1. The molecule has 0 saturated carbocycles. The molecule has 1 aromatic heterocycles. The third-order valence-electron chi connectivity index (χ3n) is 5.69. The molecule has 5 rings (SSSR count). The molecule has 2 aliphatic heterocycles. The van der Waals surface area contributed by atoms with E-state index >= 15 is 0 Å². The van der Waals surface area contributed by atoms with Crippen LogP contribution in [-0.2, 0) is 0 Å². The molecule has 0 amide bonds. The minimum absolute atomic E-state index is 0.242. The summed E-state index contributed by atoms with van der Waals surface area (Å²) in [6.07, 6.45) is 14.2. The quantitative estimate of drug-likeness (QED) is 0.808. The van der Waals surface area contributed by atoms with Crippen molar-refractivity contribution in [2.24, 2.45) is 5.10 Å². The Balaban J connectivity index is 1.32. The molecule has 1 N–H and O–H groups in total. The van der Waals surface area contributed by atoms with Crippen molar-refractivity contribution in [2.75, 3.05) is 6.54 Å². The average molecular weight is 398 g/mol. The van der Waals surface area contributed by atoms with Gasteiger partial charge in [0.1, 0.15) is 18.0 Å². The number of fused-ring (bicyclic) bond motifs is 1. The predicted octanol–water partition coefficient (Wildman–Crippen LogP) is 4.29. The zero-order valence-corrected chi connectivity index (χ0v) is 16.2. The van der Waals surface area contributed by atoms with Gasteiger partial charge in [0.25, 0.3) is 0 Å². The van der Waals surface area contributed by atoms with Crippen LogP contribution in [0.15, 0.2) is 63.9 Å². The third kappa shape index (κ3) is 3.22. The van der Waals surface area contributed by atoms with E-state index in [-0.39, 0.29) is 11.9 Å². The van der Waals surface area contributed by atoms with Crippen molar-refractivity contribution in [3.05, 3.63) is 70.3 Å². The second kappa shape index (κ2) is 7.09. The van der Waals surface area contributed by atoms with Crippen LogP contribution in [0.25, 0.3) is 5.57 Å². The zero-order chi connectivity index (χ0) is 19.1. The Morgan fingerprint density at radius 3 is 3.00 bits per heavy atom. The largest absolute Gasteiger partial charge is 0.358 e. The van der Waals surface area contributed by atoms with Crippen molar-refractivity contribution >= 4 is 23.5 Å². The number of nitrogens with zero attached hydrogens (tertiary/aromatic N) is 4. The summed E-state index contributed by atoms with van der Waals surface area (Å²) in [4.78, 5) is 6.50. The minimum atomic E-state index is -0.242. The third-order valence-corrected chi connectivity index (χ3v) is 5.99. The van der Waals surface area contributed by atoms with E-state index < -0.39 is 0 Å². The van der Waals surface area contributed by atoms with Crippen LogP contribution in [0.4, 0.5) is 4.39 Å². The lowest BCUT2D eigenvalue weighted by Crippen LogP contribution is -2.34. The summed E-state index contributed by atoms with van der Waals surface area (Å²) in [6, 6.07) is 3.17. The monoisotopic (exact) mass is 397 g/mol. The van der Waals surface area contributed by atoms with Gasteiger partial charge in [-0.05, 0) is 61.5 Å². The molecule has 0 bridgehead atoms. The highest BCUT2D eigenvalue weighted by Gasteiger charge is 2.32. The molecule has 7 heteroatoms. The molecule has 0 fully saturated rings. The van der Waals surface area contributed by atoms with Crippen LogP contribution in [0.5, 0.6) is 0 Å². The molecular formula is C21H21ClFN5. The van der Waals surface area contributed by atoms with Gasteiger partial charge in [0.15, 0.2) is 0 Å². The van der Waals surface area contributed by atoms with Gasteiger partial charge < -0.3 is 10.2 Å². The fourth-order valence-corrected chi connectivity index (χ4v) is 4.37. The standard InChI is InChI=1S/C21H21ClFN5/c22-16-4-1-15-12-27-13-26-28(21(27)11-25-19(15)9-16)18-5-2-14(3-6-18)20-10-17(23)7-8-24-20/h2,7-11,13,18,25H,1,3-6,12H2. The zero-order valence-electron chi connectivity index (χ0n) is 15.4. The van der Waals surface area contributed by atoms with E-state index in [2.05, 4.69) is 31.4 Å². The fourth-order valence-electron chi connectivity index (χ4n) is 4.17. The van der Waals surface area contributed by atoms with Gasteiger partial charge in [0.2, 0.25) is 0 Å². The lowest BCUT2D eigenvalue weighted by atomic mass is 9.92. The molecule has 0 spiro atoms. The van der Waals surface area contributed by atoms with E-state index in [1.54, 1.807) is 0 Å². The summed E-state index contributed by atoms with van der Waals surface area (Å²) < 4.78 is 13.5. The molecule has 1 aromatic rings. The van der Waals surface area contributed by atoms with Gasteiger partial charge in [-0.1, -0.05) is 17.7 Å². The van der Waals surface area contributed by atoms with Crippen molar-refractivity contribution in [1.29, 1.82) is 0 Å². The first-order valence-corrected chi connectivity index (χ1v) is 10.0. The highest BCUT2D eigenvalue weighted by molar-refractivity contribution is 6.29. The van der Waals surface area contributed by atoms with Crippen molar-refractivity contribution in [3.8, 4) is 0 Å². The van der Waals surface area contributed by atoms with Crippen LogP contribution in [0.3, 0.4) is 0 Å². The smallest absolute Gasteiger partial charge is 0.147 e. The molecule has 5 nitrogen and oxygen atoms in total. The predicted molar refractivity (Wildman–Crippen MR) is 108 cm³/mol. The molecule has 28 heavy (non-hydrogen) atoms. The van der Waals surface area contributed by atoms with E-state index in [9.17, 15) is 4.39 Å². The van der Waals surface area contributed by atoms with Crippen molar-refractivity contribution in [2.45, 2.75) is 38.1 Å². The van der Waals surface area contributed by atoms with E-state index in [1.165, 1.54) is 23.9 Å². The van der Waals surface area contributed by atoms with Gasteiger partial charge in [-0.15, -0.1) is 0 Å².